The predicted molar refractivity (Wildman–Crippen MR) is 108 cm³/mol. The summed E-state index contributed by atoms with van der Waals surface area (Å²) < 4.78 is 1.79. The van der Waals surface area contributed by atoms with Gasteiger partial charge in [-0.15, -0.1) is 5.10 Å². The summed E-state index contributed by atoms with van der Waals surface area (Å²) in [5.41, 5.74) is 5.00. The second kappa shape index (κ2) is 7.24. The van der Waals surface area contributed by atoms with Gasteiger partial charge in [-0.05, 0) is 58.9 Å². The number of hydrogen-bond acceptors (Lipinski definition) is 5. The van der Waals surface area contributed by atoms with Gasteiger partial charge in [-0.25, -0.2) is 0 Å². The van der Waals surface area contributed by atoms with Crippen molar-refractivity contribution in [3.63, 3.8) is 0 Å². The molecule has 1 aromatic carbocycles. The number of fused-ring (bicyclic) bond motifs is 3. The van der Waals surface area contributed by atoms with Crippen LogP contribution in [-0.4, -0.2) is 42.1 Å². The van der Waals surface area contributed by atoms with Crippen molar-refractivity contribution in [3.8, 4) is 0 Å². The highest BCUT2D eigenvalue weighted by molar-refractivity contribution is 7.80. The molecule has 7 nitrogen and oxygen atoms in total. The number of rotatable bonds is 4. The van der Waals surface area contributed by atoms with Crippen LogP contribution in [0.15, 0.2) is 48.8 Å². The number of benzene rings is 1. The van der Waals surface area contributed by atoms with Gasteiger partial charge < -0.3 is 10.2 Å². The summed E-state index contributed by atoms with van der Waals surface area (Å²) in [5.74, 6) is 0. The SMILES string of the molecule is CNC(=S)N(Cc1cccnc1)Cc1cc2ccc(C)cc2n2nnnc12. The van der Waals surface area contributed by atoms with E-state index in [4.69, 9.17) is 12.2 Å². The minimum absolute atomic E-state index is 0.586. The van der Waals surface area contributed by atoms with Crippen molar-refractivity contribution < 1.29 is 0 Å². The summed E-state index contributed by atoms with van der Waals surface area (Å²) in [6.45, 7) is 3.29. The quantitative estimate of drug-likeness (QED) is 0.548. The maximum atomic E-state index is 5.53. The number of nitrogens with one attached hydrogen (secondary N) is 1. The summed E-state index contributed by atoms with van der Waals surface area (Å²) in [7, 11) is 1.83. The number of nitrogens with zero attached hydrogens (tertiary/aromatic N) is 6. The normalized spacial score (nSPS) is 11.0. The van der Waals surface area contributed by atoms with Crippen LogP contribution in [0.25, 0.3) is 16.6 Å². The third-order valence-electron chi connectivity index (χ3n) is 4.46. The molecule has 27 heavy (non-hydrogen) atoms. The summed E-state index contributed by atoms with van der Waals surface area (Å²) in [4.78, 5) is 6.27. The fourth-order valence-electron chi connectivity index (χ4n) is 3.15. The van der Waals surface area contributed by atoms with Gasteiger partial charge in [0.1, 0.15) is 0 Å². The van der Waals surface area contributed by atoms with Crippen molar-refractivity contribution in [1.82, 2.24) is 35.2 Å². The van der Waals surface area contributed by atoms with Crippen LogP contribution in [0.1, 0.15) is 16.7 Å². The molecule has 0 unspecified atom stereocenters. The van der Waals surface area contributed by atoms with Crippen LogP contribution in [0.5, 0.6) is 0 Å². The molecule has 0 fully saturated rings. The Bertz CT molecular complexity index is 1110. The lowest BCUT2D eigenvalue weighted by Gasteiger charge is -2.25. The Morgan fingerprint density at radius 2 is 2.11 bits per heavy atom. The van der Waals surface area contributed by atoms with E-state index in [-0.39, 0.29) is 0 Å². The first kappa shape index (κ1) is 17.3. The number of tetrazole rings is 1. The highest BCUT2D eigenvalue weighted by atomic mass is 32.1. The molecule has 0 amide bonds. The molecule has 0 atom stereocenters. The first-order valence-corrected chi connectivity index (χ1v) is 9.02. The van der Waals surface area contributed by atoms with Crippen molar-refractivity contribution in [3.05, 3.63) is 65.5 Å². The van der Waals surface area contributed by atoms with E-state index in [0.717, 1.165) is 27.7 Å². The topological polar surface area (TPSA) is 71.2 Å². The van der Waals surface area contributed by atoms with E-state index < -0.39 is 0 Å². The molecule has 0 aliphatic carbocycles. The predicted octanol–water partition coefficient (Wildman–Crippen LogP) is 2.49. The molecule has 0 aliphatic heterocycles. The van der Waals surface area contributed by atoms with Gasteiger partial charge in [-0.2, -0.15) is 4.52 Å². The number of aromatic nitrogens is 5. The van der Waals surface area contributed by atoms with Gasteiger partial charge in [-0.3, -0.25) is 4.98 Å². The Morgan fingerprint density at radius 1 is 1.22 bits per heavy atom. The van der Waals surface area contributed by atoms with Crippen LogP contribution in [0.3, 0.4) is 0 Å². The standard InChI is InChI=1S/C19H19N7S/c1-13-5-6-15-9-16(18-22-23-24-26(18)17(15)8-13)12-25(19(27)20-2)11-14-4-3-7-21-10-14/h3-10H,11-12H2,1-2H3,(H,20,27). The average Bonchev–Trinajstić information content (AvgIpc) is 3.18. The first-order valence-electron chi connectivity index (χ1n) is 8.61. The molecule has 0 bridgehead atoms. The monoisotopic (exact) mass is 377 g/mol. The Hall–Kier alpha value is -3.13. The summed E-state index contributed by atoms with van der Waals surface area (Å²) in [6.07, 6.45) is 3.61. The van der Waals surface area contributed by atoms with E-state index >= 15 is 0 Å². The largest absolute Gasteiger partial charge is 0.366 e. The zero-order valence-electron chi connectivity index (χ0n) is 15.1. The number of thiocarbonyl (C=S) groups is 1. The molecular weight excluding hydrogens is 358 g/mol. The van der Waals surface area contributed by atoms with Crippen LogP contribution in [0.4, 0.5) is 0 Å². The smallest absolute Gasteiger partial charge is 0.184 e. The van der Waals surface area contributed by atoms with Gasteiger partial charge in [0.15, 0.2) is 10.8 Å². The van der Waals surface area contributed by atoms with Crippen molar-refractivity contribution >= 4 is 33.9 Å². The summed E-state index contributed by atoms with van der Waals surface area (Å²) >= 11 is 5.53. The molecule has 3 aromatic heterocycles. The van der Waals surface area contributed by atoms with Gasteiger partial charge in [0.2, 0.25) is 0 Å². The molecule has 0 aliphatic rings. The lowest BCUT2D eigenvalue weighted by atomic mass is 10.1. The maximum Gasteiger partial charge on any atom is 0.184 e. The van der Waals surface area contributed by atoms with E-state index in [1.807, 2.05) is 25.4 Å². The second-order valence-electron chi connectivity index (χ2n) is 6.42. The van der Waals surface area contributed by atoms with Crippen molar-refractivity contribution in [2.45, 2.75) is 20.0 Å². The number of aryl methyl sites for hydroxylation is 1. The highest BCUT2D eigenvalue weighted by Gasteiger charge is 2.16. The molecule has 4 aromatic rings. The molecule has 0 saturated carbocycles. The van der Waals surface area contributed by atoms with Crippen molar-refractivity contribution in [2.75, 3.05) is 7.05 Å². The number of pyridine rings is 2. The van der Waals surface area contributed by atoms with Crippen LogP contribution >= 0.6 is 12.2 Å². The van der Waals surface area contributed by atoms with Crippen LogP contribution in [0.2, 0.25) is 0 Å². The van der Waals surface area contributed by atoms with Crippen LogP contribution < -0.4 is 5.32 Å². The molecule has 0 spiro atoms. The van der Waals surface area contributed by atoms with Crippen molar-refractivity contribution in [1.29, 1.82) is 0 Å². The fraction of sp³-hybridized carbons (Fsp3) is 0.211. The summed E-state index contributed by atoms with van der Waals surface area (Å²) in [5, 5.41) is 17.1. The molecule has 8 heteroatoms. The molecular formula is C19H19N7S. The van der Waals surface area contributed by atoms with Gasteiger partial charge in [0, 0.05) is 43.5 Å². The van der Waals surface area contributed by atoms with E-state index in [1.165, 1.54) is 5.56 Å². The van der Waals surface area contributed by atoms with Gasteiger partial charge in [0.25, 0.3) is 0 Å². The molecule has 136 valence electrons. The van der Waals surface area contributed by atoms with Crippen molar-refractivity contribution in [2.24, 2.45) is 0 Å². The van der Waals surface area contributed by atoms with Gasteiger partial charge in [0.05, 0.1) is 5.52 Å². The second-order valence-corrected chi connectivity index (χ2v) is 6.81. The highest BCUT2D eigenvalue weighted by Crippen LogP contribution is 2.22. The van der Waals surface area contributed by atoms with Crippen LogP contribution in [0, 0.1) is 6.92 Å². The zero-order valence-corrected chi connectivity index (χ0v) is 15.9. The Kier molecular flexibility index (Phi) is 4.64. The van der Waals surface area contributed by atoms with E-state index in [0.29, 0.717) is 18.2 Å². The fourth-order valence-corrected chi connectivity index (χ4v) is 3.28. The first-order chi connectivity index (χ1) is 13.2. The Labute approximate surface area is 162 Å². The minimum atomic E-state index is 0.586. The van der Waals surface area contributed by atoms with Gasteiger partial charge >= 0.3 is 0 Å². The van der Waals surface area contributed by atoms with E-state index in [1.54, 1.807) is 10.7 Å². The molecule has 1 N–H and O–H groups in total. The minimum Gasteiger partial charge on any atom is -0.366 e. The van der Waals surface area contributed by atoms with Gasteiger partial charge in [-0.1, -0.05) is 18.2 Å². The molecule has 4 rings (SSSR count). The third kappa shape index (κ3) is 3.43. The average molecular weight is 377 g/mol. The molecule has 0 radical (unpaired) electrons. The number of hydrogen-bond donors (Lipinski definition) is 1. The lowest BCUT2D eigenvalue weighted by molar-refractivity contribution is 0.403. The molecule has 0 saturated heterocycles. The van der Waals surface area contributed by atoms with E-state index in [9.17, 15) is 0 Å². The lowest BCUT2D eigenvalue weighted by Crippen LogP contribution is -2.37. The molecule has 3 heterocycles. The Balaban J connectivity index is 1.76. The van der Waals surface area contributed by atoms with Crippen LogP contribution in [-0.2, 0) is 13.1 Å². The third-order valence-corrected chi connectivity index (χ3v) is 4.92. The zero-order chi connectivity index (χ0) is 18.8. The van der Waals surface area contributed by atoms with E-state index in [2.05, 4.69) is 61.9 Å². The maximum absolute atomic E-state index is 5.53. The Morgan fingerprint density at radius 3 is 2.89 bits per heavy atom. The summed E-state index contributed by atoms with van der Waals surface area (Å²) in [6, 6.07) is 12.4.